The van der Waals surface area contributed by atoms with Gasteiger partial charge in [0.15, 0.2) is 5.13 Å². The van der Waals surface area contributed by atoms with Gasteiger partial charge in [-0.3, -0.25) is 4.79 Å². The zero-order valence-electron chi connectivity index (χ0n) is 15.8. The number of methoxy groups -OCH3 is 1. The molecule has 1 heterocycles. The van der Waals surface area contributed by atoms with E-state index in [9.17, 15) is 4.79 Å². The Hall–Kier alpha value is -3.58. The fourth-order valence-corrected chi connectivity index (χ4v) is 3.71. The maximum absolute atomic E-state index is 12.4. The van der Waals surface area contributed by atoms with E-state index in [0.717, 1.165) is 26.7 Å². The number of rotatable bonds is 6. The number of aromatic nitrogens is 1. The van der Waals surface area contributed by atoms with Crippen LogP contribution >= 0.6 is 11.3 Å². The van der Waals surface area contributed by atoms with Crippen LogP contribution in [-0.4, -0.2) is 18.0 Å². The molecule has 0 aliphatic rings. The summed E-state index contributed by atoms with van der Waals surface area (Å²) in [7, 11) is 1.64. The molecule has 0 spiro atoms. The van der Waals surface area contributed by atoms with Crippen molar-refractivity contribution < 1.29 is 9.53 Å². The van der Waals surface area contributed by atoms with Crippen molar-refractivity contribution in [2.75, 3.05) is 23.5 Å². The van der Waals surface area contributed by atoms with Crippen LogP contribution in [0.4, 0.5) is 16.5 Å². The molecular weight excluding hydrogens is 384 g/mol. The number of ether oxygens (including phenoxy) is 1. The fourth-order valence-electron chi connectivity index (χ4n) is 2.87. The average molecular weight is 404 g/mol. The van der Waals surface area contributed by atoms with Crippen LogP contribution in [0, 0.1) is 0 Å². The third-order valence-electron chi connectivity index (χ3n) is 4.46. The average Bonchev–Trinajstić information content (AvgIpc) is 3.16. The van der Waals surface area contributed by atoms with Crippen LogP contribution in [0.1, 0.15) is 15.9 Å². The Bertz CT molecular complexity index is 1160. The molecule has 0 saturated heterocycles. The minimum absolute atomic E-state index is 0.192. The van der Waals surface area contributed by atoms with Gasteiger partial charge in [0.05, 0.1) is 28.7 Å². The van der Waals surface area contributed by atoms with Gasteiger partial charge in [-0.05, 0) is 42.0 Å². The molecule has 7 heteroatoms. The smallest absolute Gasteiger partial charge is 0.255 e. The summed E-state index contributed by atoms with van der Waals surface area (Å²) < 4.78 is 6.34. The van der Waals surface area contributed by atoms with Gasteiger partial charge in [0.2, 0.25) is 0 Å². The van der Waals surface area contributed by atoms with E-state index < -0.39 is 0 Å². The number of carbonyl (C=O) groups is 1. The second-order valence-corrected chi connectivity index (χ2v) is 7.48. The van der Waals surface area contributed by atoms with E-state index in [-0.39, 0.29) is 5.91 Å². The van der Waals surface area contributed by atoms with Gasteiger partial charge in [0.25, 0.3) is 5.91 Å². The van der Waals surface area contributed by atoms with Crippen molar-refractivity contribution in [3.8, 4) is 5.75 Å². The molecule has 3 aromatic carbocycles. The highest BCUT2D eigenvalue weighted by atomic mass is 32.1. The number of nitrogens with two attached hydrogens (primary N) is 1. The van der Waals surface area contributed by atoms with Crippen molar-refractivity contribution >= 4 is 44.0 Å². The van der Waals surface area contributed by atoms with Crippen LogP contribution in [0.3, 0.4) is 0 Å². The van der Waals surface area contributed by atoms with Gasteiger partial charge in [-0.2, -0.15) is 0 Å². The largest absolute Gasteiger partial charge is 0.497 e. The topological polar surface area (TPSA) is 89.3 Å². The summed E-state index contributed by atoms with van der Waals surface area (Å²) in [6, 6.07) is 20.5. The lowest BCUT2D eigenvalue weighted by Gasteiger charge is -2.08. The summed E-state index contributed by atoms with van der Waals surface area (Å²) >= 11 is 1.59. The van der Waals surface area contributed by atoms with E-state index in [1.165, 1.54) is 0 Å². The van der Waals surface area contributed by atoms with Gasteiger partial charge < -0.3 is 21.1 Å². The first-order valence-electron chi connectivity index (χ1n) is 9.05. The SMILES string of the molecule is COc1ccc2sc(NCc3ccc(C(=O)Nc4ccccc4N)cc3)nc2c1. The highest BCUT2D eigenvalue weighted by Crippen LogP contribution is 2.29. The van der Waals surface area contributed by atoms with Crippen LogP contribution in [0.5, 0.6) is 5.75 Å². The Morgan fingerprint density at radius 3 is 2.66 bits per heavy atom. The molecular formula is C22H20N4O2S. The molecule has 4 N–H and O–H groups in total. The molecule has 146 valence electrons. The molecule has 0 atom stereocenters. The van der Waals surface area contributed by atoms with Gasteiger partial charge in [0, 0.05) is 18.2 Å². The normalized spacial score (nSPS) is 10.7. The van der Waals surface area contributed by atoms with E-state index in [2.05, 4.69) is 15.6 Å². The Morgan fingerprint density at radius 2 is 1.90 bits per heavy atom. The molecule has 0 aliphatic carbocycles. The van der Waals surface area contributed by atoms with Gasteiger partial charge in [-0.1, -0.05) is 35.6 Å². The molecule has 0 bridgehead atoms. The minimum atomic E-state index is -0.192. The molecule has 4 aromatic rings. The van der Waals surface area contributed by atoms with Crippen LogP contribution in [0.25, 0.3) is 10.2 Å². The standard InChI is InChI=1S/C22H20N4O2S/c1-28-16-10-11-20-19(12-16)26-22(29-20)24-13-14-6-8-15(9-7-14)21(27)25-18-5-3-2-4-17(18)23/h2-12H,13,23H2,1H3,(H,24,26)(H,25,27). The van der Waals surface area contributed by atoms with Crippen molar-refractivity contribution in [3.05, 3.63) is 77.9 Å². The number of anilines is 3. The van der Waals surface area contributed by atoms with Crippen molar-refractivity contribution in [2.45, 2.75) is 6.54 Å². The maximum Gasteiger partial charge on any atom is 0.255 e. The summed E-state index contributed by atoms with van der Waals surface area (Å²) in [6.45, 7) is 0.616. The van der Waals surface area contributed by atoms with Gasteiger partial charge in [-0.25, -0.2) is 4.98 Å². The Morgan fingerprint density at radius 1 is 1.10 bits per heavy atom. The van der Waals surface area contributed by atoms with Crippen LogP contribution in [0.2, 0.25) is 0 Å². The quantitative estimate of drug-likeness (QED) is 0.404. The number of fused-ring (bicyclic) bond motifs is 1. The number of thiazole rings is 1. The van der Waals surface area contributed by atoms with Crippen LogP contribution < -0.4 is 21.1 Å². The molecule has 1 aromatic heterocycles. The molecule has 0 fully saturated rings. The number of para-hydroxylation sites is 2. The van der Waals surface area contributed by atoms with Crippen LogP contribution in [0.15, 0.2) is 66.7 Å². The van der Waals surface area contributed by atoms with Crippen molar-refractivity contribution in [1.29, 1.82) is 0 Å². The lowest BCUT2D eigenvalue weighted by atomic mass is 10.1. The van der Waals surface area contributed by atoms with Gasteiger partial charge in [0.1, 0.15) is 5.75 Å². The zero-order chi connectivity index (χ0) is 20.2. The number of carbonyl (C=O) groups excluding carboxylic acids is 1. The summed E-state index contributed by atoms with van der Waals surface area (Å²) in [5, 5.41) is 7.01. The van der Waals surface area contributed by atoms with Crippen molar-refractivity contribution in [2.24, 2.45) is 0 Å². The maximum atomic E-state index is 12.4. The molecule has 6 nitrogen and oxygen atoms in total. The molecule has 0 unspecified atom stereocenters. The van der Waals surface area contributed by atoms with Gasteiger partial charge >= 0.3 is 0 Å². The monoisotopic (exact) mass is 404 g/mol. The summed E-state index contributed by atoms with van der Waals surface area (Å²) in [5.74, 6) is 0.600. The Labute approximate surface area is 172 Å². The molecule has 0 saturated carbocycles. The number of amides is 1. The lowest BCUT2D eigenvalue weighted by Crippen LogP contribution is -2.13. The first-order valence-corrected chi connectivity index (χ1v) is 9.87. The number of hydrogen-bond acceptors (Lipinski definition) is 6. The number of hydrogen-bond donors (Lipinski definition) is 3. The van der Waals surface area contributed by atoms with Crippen LogP contribution in [-0.2, 0) is 6.54 Å². The second kappa shape index (κ2) is 8.20. The predicted octanol–water partition coefficient (Wildman–Crippen LogP) is 4.75. The first-order chi connectivity index (χ1) is 14.1. The predicted molar refractivity (Wildman–Crippen MR) is 119 cm³/mol. The highest BCUT2D eigenvalue weighted by molar-refractivity contribution is 7.22. The van der Waals surface area contributed by atoms with Crippen molar-refractivity contribution in [3.63, 3.8) is 0 Å². The third-order valence-corrected chi connectivity index (χ3v) is 5.46. The number of nitrogens with zero attached hydrogens (tertiary/aromatic N) is 1. The molecule has 4 rings (SSSR count). The Kier molecular flexibility index (Phi) is 5.31. The van der Waals surface area contributed by atoms with Crippen molar-refractivity contribution in [1.82, 2.24) is 4.98 Å². The van der Waals surface area contributed by atoms with E-state index in [1.54, 1.807) is 42.7 Å². The third kappa shape index (κ3) is 4.30. The molecule has 29 heavy (non-hydrogen) atoms. The fraction of sp³-hybridized carbons (Fsp3) is 0.0909. The zero-order valence-corrected chi connectivity index (χ0v) is 16.6. The summed E-state index contributed by atoms with van der Waals surface area (Å²) in [6.07, 6.45) is 0. The molecule has 1 amide bonds. The first kappa shape index (κ1) is 18.8. The number of benzene rings is 3. The second-order valence-electron chi connectivity index (χ2n) is 6.44. The van der Waals surface area contributed by atoms with E-state index in [0.29, 0.717) is 23.5 Å². The molecule has 0 aliphatic heterocycles. The number of nitrogens with one attached hydrogen (secondary N) is 2. The summed E-state index contributed by atoms with van der Waals surface area (Å²) in [5.41, 5.74) is 9.55. The molecule has 0 radical (unpaired) electrons. The summed E-state index contributed by atoms with van der Waals surface area (Å²) in [4.78, 5) is 17.0. The van der Waals surface area contributed by atoms with Gasteiger partial charge in [-0.15, -0.1) is 0 Å². The minimum Gasteiger partial charge on any atom is -0.497 e. The van der Waals surface area contributed by atoms with E-state index in [4.69, 9.17) is 10.5 Å². The number of nitrogen functional groups attached to an aromatic ring is 1. The van der Waals surface area contributed by atoms with E-state index >= 15 is 0 Å². The highest BCUT2D eigenvalue weighted by Gasteiger charge is 2.09. The van der Waals surface area contributed by atoms with E-state index in [1.807, 2.05) is 42.5 Å². The Balaban J connectivity index is 1.39. The lowest BCUT2D eigenvalue weighted by molar-refractivity contribution is 0.102.